The van der Waals surface area contributed by atoms with Crippen LogP contribution in [0.15, 0.2) is 24.3 Å². The van der Waals surface area contributed by atoms with Crippen molar-refractivity contribution in [1.82, 2.24) is 5.32 Å². The molecule has 0 spiro atoms. The number of benzene rings is 1. The average Bonchev–Trinajstić information content (AvgIpc) is 2.42. The van der Waals surface area contributed by atoms with E-state index in [-0.39, 0.29) is 0 Å². The van der Waals surface area contributed by atoms with E-state index in [9.17, 15) is 9.59 Å². The molecule has 1 rings (SSSR count). The second-order valence-corrected chi connectivity index (χ2v) is 3.53. The molecule has 0 atom stereocenters. The Hall–Kier alpha value is -2.50. The van der Waals surface area contributed by atoms with Gasteiger partial charge in [-0.3, -0.25) is 9.59 Å². The molecule has 6 heteroatoms. The molecule has 0 bridgehead atoms. The van der Waals surface area contributed by atoms with Crippen molar-refractivity contribution in [1.29, 1.82) is 0 Å². The summed E-state index contributed by atoms with van der Waals surface area (Å²) in [6, 6.07) is 5.25. The van der Waals surface area contributed by atoms with Gasteiger partial charge in [-0.1, -0.05) is 12.1 Å². The fraction of sp³-hybridized carbons (Fsp3) is 0.231. The summed E-state index contributed by atoms with van der Waals surface area (Å²) in [4.78, 5) is 21.6. The number of hydrogen-bond donors (Lipinski definition) is 2. The number of amides is 1. The Morgan fingerprint density at radius 3 is 2.63 bits per heavy atom. The lowest BCUT2D eigenvalue weighted by molar-refractivity contribution is -0.137. The first-order valence-electron chi connectivity index (χ1n) is 5.47. The van der Waals surface area contributed by atoms with Crippen molar-refractivity contribution in [2.45, 2.75) is 0 Å². The molecule has 0 saturated heterocycles. The number of hydrogen-bond acceptors (Lipinski definition) is 4. The van der Waals surface area contributed by atoms with Crippen molar-refractivity contribution < 1.29 is 24.2 Å². The average molecular weight is 265 g/mol. The molecule has 0 aliphatic carbocycles. The van der Waals surface area contributed by atoms with E-state index in [2.05, 4.69) is 5.32 Å². The van der Waals surface area contributed by atoms with Gasteiger partial charge in [0.2, 0.25) is 5.91 Å². The van der Waals surface area contributed by atoms with Crippen molar-refractivity contribution in [3.05, 3.63) is 29.8 Å². The SMILES string of the molecule is COc1cccc(/C=C/C(=O)NCC(=O)O)c1OC. The summed E-state index contributed by atoms with van der Waals surface area (Å²) in [7, 11) is 3.02. The second-order valence-electron chi connectivity index (χ2n) is 3.53. The van der Waals surface area contributed by atoms with Crippen molar-refractivity contribution in [3.63, 3.8) is 0 Å². The van der Waals surface area contributed by atoms with Crippen LogP contribution in [0.4, 0.5) is 0 Å². The lowest BCUT2D eigenvalue weighted by atomic mass is 10.1. The monoisotopic (exact) mass is 265 g/mol. The number of carboxylic acids is 1. The standard InChI is InChI=1S/C13H15NO5/c1-18-10-5-3-4-9(13(10)19-2)6-7-11(15)14-8-12(16)17/h3-7H,8H2,1-2H3,(H,14,15)(H,16,17)/b7-6+. The molecule has 0 heterocycles. The van der Waals surface area contributed by atoms with Gasteiger partial charge in [-0.05, 0) is 12.1 Å². The highest BCUT2D eigenvalue weighted by molar-refractivity contribution is 5.93. The Kier molecular flexibility index (Phi) is 5.40. The van der Waals surface area contributed by atoms with Crippen LogP contribution < -0.4 is 14.8 Å². The summed E-state index contributed by atoms with van der Waals surface area (Å²) < 4.78 is 10.3. The van der Waals surface area contributed by atoms with Gasteiger partial charge in [-0.15, -0.1) is 0 Å². The zero-order chi connectivity index (χ0) is 14.3. The van der Waals surface area contributed by atoms with Gasteiger partial charge in [0.1, 0.15) is 6.54 Å². The number of carbonyl (C=O) groups excluding carboxylic acids is 1. The number of carbonyl (C=O) groups is 2. The van der Waals surface area contributed by atoms with Crippen LogP contribution in [0.1, 0.15) is 5.56 Å². The van der Waals surface area contributed by atoms with Gasteiger partial charge in [-0.25, -0.2) is 0 Å². The van der Waals surface area contributed by atoms with Crippen molar-refractivity contribution in [2.75, 3.05) is 20.8 Å². The highest BCUT2D eigenvalue weighted by Gasteiger charge is 2.07. The van der Waals surface area contributed by atoms with Crippen LogP contribution in [-0.4, -0.2) is 37.7 Å². The lowest BCUT2D eigenvalue weighted by Crippen LogP contribution is -2.27. The Labute approximate surface area is 110 Å². The molecule has 1 aromatic rings. The van der Waals surface area contributed by atoms with Crippen LogP contribution in [0.3, 0.4) is 0 Å². The number of carboxylic acid groups (broad SMARTS) is 1. The molecule has 0 aromatic heterocycles. The number of para-hydroxylation sites is 1. The topological polar surface area (TPSA) is 84.9 Å². The summed E-state index contributed by atoms with van der Waals surface area (Å²) in [6.45, 7) is -0.418. The van der Waals surface area contributed by atoms with Crippen LogP contribution >= 0.6 is 0 Å². The predicted molar refractivity (Wildman–Crippen MR) is 69.2 cm³/mol. The molecule has 0 fully saturated rings. The Morgan fingerprint density at radius 2 is 2.05 bits per heavy atom. The van der Waals surface area contributed by atoms with E-state index in [1.807, 2.05) is 0 Å². The Bertz CT molecular complexity index is 496. The minimum Gasteiger partial charge on any atom is -0.493 e. The van der Waals surface area contributed by atoms with Gasteiger partial charge in [0.05, 0.1) is 14.2 Å². The second kappa shape index (κ2) is 7.05. The molecule has 2 N–H and O–H groups in total. The zero-order valence-corrected chi connectivity index (χ0v) is 10.7. The largest absolute Gasteiger partial charge is 0.493 e. The van der Waals surface area contributed by atoms with Crippen molar-refractivity contribution >= 4 is 18.0 Å². The molecule has 19 heavy (non-hydrogen) atoms. The van der Waals surface area contributed by atoms with E-state index >= 15 is 0 Å². The minimum atomic E-state index is -1.10. The molecule has 0 unspecified atom stereocenters. The smallest absolute Gasteiger partial charge is 0.322 e. The number of aliphatic carboxylic acids is 1. The predicted octanol–water partition coefficient (Wildman–Crippen LogP) is 0.918. The number of methoxy groups -OCH3 is 2. The van der Waals surface area contributed by atoms with Gasteiger partial charge < -0.3 is 19.9 Å². The van der Waals surface area contributed by atoms with Crippen LogP contribution in [0.25, 0.3) is 6.08 Å². The van der Waals surface area contributed by atoms with Crippen molar-refractivity contribution in [3.8, 4) is 11.5 Å². The van der Waals surface area contributed by atoms with E-state index in [4.69, 9.17) is 14.6 Å². The zero-order valence-electron chi connectivity index (χ0n) is 10.7. The molecular weight excluding hydrogens is 250 g/mol. The number of rotatable bonds is 6. The maximum absolute atomic E-state index is 11.3. The highest BCUT2D eigenvalue weighted by atomic mass is 16.5. The maximum atomic E-state index is 11.3. The third-order valence-electron chi connectivity index (χ3n) is 2.26. The molecule has 1 aromatic carbocycles. The first kappa shape index (κ1) is 14.6. The summed E-state index contributed by atoms with van der Waals surface area (Å²) in [6.07, 6.45) is 2.76. The van der Waals surface area contributed by atoms with Gasteiger partial charge in [0.25, 0.3) is 0 Å². The van der Waals surface area contributed by atoms with E-state index < -0.39 is 18.4 Å². The van der Waals surface area contributed by atoms with Crippen molar-refractivity contribution in [2.24, 2.45) is 0 Å². The fourth-order valence-electron chi connectivity index (χ4n) is 1.43. The van der Waals surface area contributed by atoms with Gasteiger partial charge in [0.15, 0.2) is 11.5 Å². The molecule has 102 valence electrons. The Balaban J connectivity index is 2.81. The normalized spacial score (nSPS) is 10.2. The summed E-state index contributed by atoms with van der Waals surface area (Å²) >= 11 is 0. The summed E-state index contributed by atoms with van der Waals surface area (Å²) in [5.74, 6) is -0.532. The first-order valence-corrected chi connectivity index (χ1v) is 5.47. The quantitative estimate of drug-likeness (QED) is 0.747. The molecule has 6 nitrogen and oxygen atoms in total. The molecular formula is C13H15NO5. The van der Waals surface area contributed by atoms with Crippen LogP contribution in [-0.2, 0) is 9.59 Å². The maximum Gasteiger partial charge on any atom is 0.322 e. The fourth-order valence-corrected chi connectivity index (χ4v) is 1.43. The van der Waals surface area contributed by atoms with E-state index in [1.54, 1.807) is 18.2 Å². The highest BCUT2D eigenvalue weighted by Crippen LogP contribution is 2.31. The third kappa shape index (κ3) is 4.34. The summed E-state index contributed by atoms with van der Waals surface area (Å²) in [5.41, 5.74) is 0.660. The Morgan fingerprint density at radius 1 is 1.32 bits per heavy atom. The summed E-state index contributed by atoms with van der Waals surface area (Å²) in [5, 5.41) is 10.6. The van der Waals surface area contributed by atoms with Gasteiger partial charge >= 0.3 is 5.97 Å². The van der Waals surface area contributed by atoms with Crippen LogP contribution in [0.2, 0.25) is 0 Å². The third-order valence-corrected chi connectivity index (χ3v) is 2.26. The molecule has 0 saturated carbocycles. The molecule has 1 amide bonds. The molecule has 0 aliphatic heterocycles. The van der Waals surface area contributed by atoms with Crippen LogP contribution in [0.5, 0.6) is 11.5 Å². The molecule has 0 radical (unpaired) electrons. The first-order chi connectivity index (χ1) is 9.08. The van der Waals surface area contributed by atoms with Gasteiger partial charge in [-0.2, -0.15) is 0 Å². The number of ether oxygens (including phenoxy) is 2. The van der Waals surface area contributed by atoms with E-state index in [1.165, 1.54) is 26.4 Å². The minimum absolute atomic E-state index is 0.418. The number of nitrogens with one attached hydrogen (secondary N) is 1. The van der Waals surface area contributed by atoms with E-state index in [0.717, 1.165) is 0 Å². The van der Waals surface area contributed by atoms with E-state index in [0.29, 0.717) is 17.1 Å². The van der Waals surface area contributed by atoms with Gasteiger partial charge in [0, 0.05) is 11.6 Å². The van der Waals surface area contributed by atoms with Crippen LogP contribution in [0, 0.1) is 0 Å². The molecule has 0 aliphatic rings. The lowest BCUT2D eigenvalue weighted by Gasteiger charge is -2.09.